The van der Waals surface area contributed by atoms with Gasteiger partial charge < -0.3 is 9.57 Å². The summed E-state index contributed by atoms with van der Waals surface area (Å²) in [5.41, 5.74) is 0. The molecule has 60 valence electrons. The Labute approximate surface area is 63.5 Å². The van der Waals surface area contributed by atoms with Gasteiger partial charge in [0.15, 0.2) is 11.6 Å². The van der Waals surface area contributed by atoms with E-state index in [1.54, 1.807) is 6.07 Å². The number of halogens is 1. The number of rotatable bonds is 2. The molecule has 0 bridgehead atoms. The van der Waals surface area contributed by atoms with Crippen LogP contribution in [0.15, 0.2) is 18.2 Å². The predicted molar refractivity (Wildman–Crippen MR) is 37.8 cm³/mol. The van der Waals surface area contributed by atoms with Crippen LogP contribution in [0, 0.1) is 5.82 Å². The first-order valence-corrected chi connectivity index (χ1v) is 2.99. The van der Waals surface area contributed by atoms with Crippen LogP contribution in [0.25, 0.3) is 0 Å². The standard InChI is InChI=1S/C7H8FNO2/c1-10-6-4-2-3-5(8)7(6)11-9/h2-4H,9H2,1H3. The van der Waals surface area contributed by atoms with Crippen LogP contribution in [0.2, 0.25) is 0 Å². The molecular formula is C7H8FNO2. The number of hydrogen-bond acceptors (Lipinski definition) is 3. The van der Waals surface area contributed by atoms with E-state index in [4.69, 9.17) is 10.6 Å². The topological polar surface area (TPSA) is 44.5 Å². The van der Waals surface area contributed by atoms with E-state index in [2.05, 4.69) is 4.84 Å². The van der Waals surface area contributed by atoms with Crippen molar-refractivity contribution >= 4 is 0 Å². The zero-order valence-corrected chi connectivity index (χ0v) is 6.00. The fourth-order valence-electron chi connectivity index (χ4n) is 0.764. The van der Waals surface area contributed by atoms with E-state index in [1.165, 1.54) is 19.2 Å². The summed E-state index contributed by atoms with van der Waals surface area (Å²) in [6.45, 7) is 0. The molecule has 0 saturated heterocycles. The van der Waals surface area contributed by atoms with Gasteiger partial charge in [-0.05, 0) is 12.1 Å². The number of para-hydroxylation sites is 1. The molecule has 0 radical (unpaired) electrons. The average molecular weight is 157 g/mol. The molecule has 0 heterocycles. The van der Waals surface area contributed by atoms with Gasteiger partial charge in [-0.2, -0.15) is 5.90 Å². The van der Waals surface area contributed by atoms with Crippen LogP contribution in [-0.4, -0.2) is 7.11 Å². The first kappa shape index (κ1) is 7.81. The first-order chi connectivity index (χ1) is 5.29. The van der Waals surface area contributed by atoms with Crippen molar-refractivity contribution in [1.82, 2.24) is 0 Å². The summed E-state index contributed by atoms with van der Waals surface area (Å²) >= 11 is 0. The summed E-state index contributed by atoms with van der Waals surface area (Å²) in [5.74, 6) is 4.48. The monoisotopic (exact) mass is 157 g/mol. The molecule has 0 amide bonds. The van der Waals surface area contributed by atoms with Crippen molar-refractivity contribution < 1.29 is 14.0 Å². The van der Waals surface area contributed by atoms with Crippen LogP contribution >= 0.6 is 0 Å². The second-order valence-corrected chi connectivity index (χ2v) is 1.89. The van der Waals surface area contributed by atoms with E-state index in [-0.39, 0.29) is 11.5 Å². The third-order valence-corrected chi connectivity index (χ3v) is 1.27. The largest absolute Gasteiger partial charge is 0.493 e. The minimum Gasteiger partial charge on any atom is -0.493 e. The molecule has 11 heavy (non-hydrogen) atoms. The third-order valence-electron chi connectivity index (χ3n) is 1.27. The summed E-state index contributed by atoms with van der Waals surface area (Å²) in [7, 11) is 1.41. The number of benzene rings is 1. The van der Waals surface area contributed by atoms with Crippen LogP contribution in [0.3, 0.4) is 0 Å². The van der Waals surface area contributed by atoms with Gasteiger partial charge in [0.25, 0.3) is 0 Å². The molecule has 0 aliphatic rings. The summed E-state index contributed by atoms with van der Waals surface area (Å²) in [5, 5.41) is 0. The van der Waals surface area contributed by atoms with Crippen LogP contribution in [0.4, 0.5) is 4.39 Å². The van der Waals surface area contributed by atoms with Gasteiger partial charge in [0.2, 0.25) is 5.75 Å². The van der Waals surface area contributed by atoms with Gasteiger partial charge in [-0.15, -0.1) is 0 Å². The van der Waals surface area contributed by atoms with Gasteiger partial charge in [0.05, 0.1) is 7.11 Å². The van der Waals surface area contributed by atoms with E-state index < -0.39 is 5.82 Å². The van der Waals surface area contributed by atoms with Crippen molar-refractivity contribution in [3.8, 4) is 11.5 Å². The highest BCUT2D eigenvalue weighted by atomic mass is 19.1. The van der Waals surface area contributed by atoms with Gasteiger partial charge in [0.1, 0.15) is 0 Å². The third kappa shape index (κ3) is 1.40. The fourth-order valence-corrected chi connectivity index (χ4v) is 0.764. The molecule has 4 heteroatoms. The molecule has 0 unspecified atom stereocenters. The highest BCUT2D eigenvalue weighted by Gasteiger charge is 2.08. The quantitative estimate of drug-likeness (QED) is 0.653. The second-order valence-electron chi connectivity index (χ2n) is 1.89. The lowest BCUT2D eigenvalue weighted by molar-refractivity contribution is 0.289. The number of hydrogen-bond donors (Lipinski definition) is 1. The molecule has 1 aromatic rings. The van der Waals surface area contributed by atoms with E-state index in [0.29, 0.717) is 0 Å². The fraction of sp³-hybridized carbons (Fsp3) is 0.143. The lowest BCUT2D eigenvalue weighted by atomic mass is 10.3. The normalized spacial score (nSPS) is 9.36. The lowest BCUT2D eigenvalue weighted by Crippen LogP contribution is -2.05. The van der Waals surface area contributed by atoms with Crippen molar-refractivity contribution in [2.75, 3.05) is 7.11 Å². The Morgan fingerprint density at radius 2 is 2.18 bits per heavy atom. The summed E-state index contributed by atoms with van der Waals surface area (Å²) < 4.78 is 17.5. The SMILES string of the molecule is COc1cccc(F)c1ON. The minimum absolute atomic E-state index is 0.0741. The summed E-state index contributed by atoms with van der Waals surface area (Å²) in [6, 6.07) is 4.31. The molecule has 1 rings (SSSR count). The highest BCUT2D eigenvalue weighted by Crippen LogP contribution is 2.28. The Hall–Kier alpha value is -1.29. The molecule has 0 atom stereocenters. The van der Waals surface area contributed by atoms with Crippen molar-refractivity contribution in [2.45, 2.75) is 0 Å². The molecule has 0 saturated carbocycles. The second kappa shape index (κ2) is 3.21. The molecule has 3 nitrogen and oxygen atoms in total. The Bertz CT molecular complexity index is 252. The maximum Gasteiger partial charge on any atom is 0.224 e. The van der Waals surface area contributed by atoms with Crippen LogP contribution in [0.1, 0.15) is 0 Å². The van der Waals surface area contributed by atoms with Gasteiger partial charge in [0, 0.05) is 0 Å². The van der Waals surface area contributed by atoms with E-state index in [9.17, 15) is 4.39 Å². The molecule has 0 aromatic heterocycles. The smallest absolute Gasteiger partial charge is 0.224 e. The van der Waals surface area contributed by atoms with Crippen LogP contribution < -0.4 is 15.5 Å². The number of methoxy groups -OCH3 is 1. The Morgan fingerprint density at radius 3 is 2.64 bits per heavy atom. The van der Waals surface area contributed by atoms with Gasteiger partial charge in [-0.1, -0.05) is 6.07 Å². The molecule has 0 fully saturated rings. The van der Waals surface area contributed by atoms with Gasteiger partial charge >= 0.3 is 0 Å². The lowest BCUT2D eigenvalue weighted by Gasteiger charge is -2.05. The van der Waals surface area contributed by atoms with Crippen molar-refractivity contribution in [1.29, 1.82) is 0 Å². The van der Waals surface area contributed by atoms with Crippen molar-refractivity contribution in [3.05, 3.63) is 24.0 Å². The molecule has 0 aliphatic heterocycles. The molecule has 2 N–H and O–H groups in total. The van der Waals surface area contributed by atoms with Crippen molar-refractivity contribution in [3.63, 3.8) is 0 Å². The molecular weight excluding hydrogens is 149 g/mol. The Balaban J connectivity index is 3.13. The zero-order valence-electron chi connectivity index (χ0n) is 6.00. The van der Waals surface area contributed by atoms with Gasteiger partial charge in [-0.3, -0.25) is 0 Å². The summed E-state index contributed by atoms with van der Waals surface area (Å²) in [6.07, 6.45) is 0. The minimum atomic E-state index is -0.535. The maximum atomic E-state index is 12.8. The van der Waals surface area contributed by atoms with E-state index >= 15 is 0 Å². The first-order valence-electron chi connectivity index (χ1n) is 2.99. The Kier molecular flexibility index (Phi) is 2.28. The molecule has 0 aliphatic carbocycles. The molecule has 0 spiro atoms. The number of ether oxygens (including phenoxy) is 1. The highest BCUT2D eigenvalue weighted by molar-refractivity contribution is 5.40. The Morgan fingerprint density at radius 1 is 1.45 bits per heavy atom. The molecule has 1 aromatic carbocycles. The van der Waals surface area contributed by atoms with Crippen molar-refractivity contribution in [2.24, 2.45) is 5.90 Å². The van der Waals surface area contributed by atoms with E-state index in [1.807, 2.05) is 0 Å². The van der Waals surface area contributed by atoms with Crippen LogP contribution in [-0.2, 0) is 0 Å². The van der Waals surface area contributed by atoms with Gasteiger partial charge in [-0.25, -0.2) is 4.39 Å². The predicted octanol–water partition coefficient (Wildman–Crippen LogP) is 1.09. The van der Waals surface area contributed by atoms with Crippen LogP contribution in [0.5, 0.6) is 11.5 Å². The van der Waals surface area contributed by atoms with E-state index in [0.717, 1.165) is 0 Å². The number of nitrogens with two attached hydrogens (primary N) is 1. The summed E-state index contributed by atoms with van der Waals surface area (Å²) in [4.78, 5) is 4.27. The average Bonchev–Trinajstić information content (AvgIpc) is 2.04. The maximum absolute atomic E-state index is 12.8. The zero-order chi connectivity index (χ0) is 8.27.